The highest BCUT2D eigenvalue weighted by atomic mass is 19.4. The van der Waals surface area contributed by atoms with Crippen molar-refractivity contribution < 1.29 is 32.5 Å². The summed E-state index contributed by atoms with van der Waals surface area (Å²) in [5.74, 6) is -2.36. The van der Waals surface area contributed by atoms with E-state index in [1.807, 2.05) is 0 Å². The maximum absolute atomic E-state index is 12.1. The third-order valence-electron chi connectivity index (χ3n) is 1.82. The number of pyridine rings is 1. The summed E-state index contributed by atoms with van der Waals surface area (Å²) in [5, 5.41) is 8.66. The number of hydrogen-bond donors (Lipinski definition) is 1. The predicted octanol–water partition coefficient (Wildman–Crippen LogP) is 2.00. The molecule has 17 heavy (non-hydrogen) atoms. The minimum atomic E-state index is -4.91. The Morgan fingerprint density at radius 2 is 2.06 bits per heavy atom. The van der Waals surface area contributed by atoms with Gasteiger partial charge in [0.1, 0.15) is 5.75 Å². The zero-order chi connectivity index (χ0) is 13.2. The van der Waals surface area contributed by atoms with Crippen LogP contribution in [0, 0.1) is 6.92 Å². The standard InChI is InChI=1S/C9H8F3NO4/c1-4-6(17-9(10,11)12)3-5(8(14)15)13-7(4)16-2/h3H,1-2H3,(H,14,15). The number of halogens is 3. The number of carbonyl (C=O) groups is 1. The lowest BCUT2D eigenvalue weighted by Crippen LogP contribution is -2.18. The molecule has 0 amide bonds. The number of hydrogen-bond acceptors (Lipinski definition) is 4. The largest absolute Gasteiger partial charge is 0.573 e. The van der Waals surface area contributed by atoms with Crippen LogP contribution in [0.4, 0.5) is 13.2 Å². The van der Waals surface area contributed by atoms with Gasteiger partial charge in [0, 0.05) is 6.07 Å². The van der Waals surface area contributed by atoms with E-state index >= 15 is 0 Å². The van der Waals surface area contributed by atoms with Gasteiger partial charge in [0.2, 0.25) is 5.88 Å². The molecule has 94 valence electrons. The maximum Gasteiger partial charge on any atom is 0.573 e. The van der Waals surface area contributed by atoms with Gasteiger partial charge >= 0.3 is 12.3 Å². The number of carboxylic acid groups (broad SMARTS) is 1. The normalized spacial score (nSPS) is 11.1. The van der Waals surface area contributed by atoms with Gasteiger partial charge in [-0.2, -0.15) is 0 Å². The molecule has 5 nitrogen and oxygen atoms in total. The molecule has 1 heterocycles. The van der Waals surface area contributed by atoms with E-state index in [1.165, 1.54) is 14.0 Å². The van der Waals surface area contributed by atoms with Crippen LogP contribution < -0.4 is 9.47 Å². The van der Waals surface area contributed by atoms with Crippen LogP contribution in [-0.4, -0.2) is 29.5 Å². The quantitative estimate of drug-likeness (QED) is 0.889. The zero-order valence-electron chi connectivity index (χ0n) is 8.83. The van der Waals surface area contributed by atoms with Crippen molar-refractivity contribution in [2.45, 2.75) is 13.3 Å². The molecule has 0 radical (unpaired) electrons. The molecule has 8 heteroatoms. The summed E-state index contributed by atoms with van der Waals surface area (Å²) in [7, 11) is 1.17. The third-order valence-corrected chi connectivity index (χ3v) is 1.82. The molecule has 0 aliphatic heterocycles. The van der Waals surface area contributed by atoms with Crippen LogP contribution in [0.25, 0.3) is 0 Å². The molecule has 0 atom stereocenters. The Morgan fingerprint density at radius 3 is 2.47 bits per heavy atom. The van der Waals surface area contributed by atoms with Gasteiger partial charge in [-0.1, -0.05) is 0 Å². The third kappa shape index (κ3) is 3.23. The smallest absolute Gasteiger partial charge is 0.481 e. The van der Waals surface area contributed by atoms with Crippen molar-refractivity contribution in [3.63, 3.8) is 0 Å². The van der Waals surface area contributed by atoms with Crippen LogP contribution in [0.15, 0.2) is 6.07 Å². The molecule has 0 aromatic carbocycles. The van der Waals surface area contributed by atoms with Gasteiger partial charge in [0.15, 0.2) is 5.69 Å². The number of alkyl halides is 3. The summed E-state index contributed by atoms with van der Waals surface area (Å²) < 4.78 is 44.5. The van der Waals surface area contributed by atoms with Crippen LogP contribution in [0.1, 0.15) is 16.1 Å². The SMILES string of the molecule is COc1nc(C(=O)O)cc(OC(F)(F)F)c1C. The number of aromatic carboxylic acids is 1. The fourth-order valence-electron chi connectivity index (χ4n) is 1.10. The molecule has 1 aromatic rings. The van der Waals surface area contributed by atoms with E-state index in [1.54, 1.807) is 0 Å². The summed E-state index contributed by atoms with van der Waals surface area (Å²) in [6.07, 6.45) is -4.91. The lowest BCUT2D eigenvalue weighted by atomic mass is 10.2. The zero-order valence-corrected chi connectivity index (χ0v) is 8.83. The van der Waals surface area contributed by atoms with E-state index in [-0.39, 0.29) is 11.4 Å². The number of rotatable bonds is 3. The molecule has 0 fully saturated rings. The first-order valence-electron chi connectivity index (χ1n) is 4.29. The average molecular weight is 251 g/mol. The van der Waals surface area contributed by atoms with E-state index in [9.17, 15) is 18.0 Å². The predicted molar refractivity (Wildman–Crippen MR) is 49.2 cm³/mol. The summed E-state index contributed by atoms with van der Waals surface area (Å²) in [4.78, 5) is 14.2. The van der Waals surface area contributed by atoms with E-state index in [2.05, 4.69) is 14.5 Å². The van der Waals surface area contributed by atoms with Crippen molar-refractivity contribution in [1.29, 1.82) is 0 Å². The molecular formula is C9H8F3NO4. The molecular weight excluding hydrogens is 243 g/mol. The van der Waals surface area contributed by atoms with Crippen molar-refractivity contribution in [3.05, 3.63) is 17.3 Å². The maximum atomic E-state index is 12.1. The summed E-state index contributed by atoms with van der Waals surface area (Å²) in [5.41, 5.74) is -0.624. The average Bonchev–Trinajstić information content (AvgIpc) is 2.18. The Bertz CT molecular complexity index is 445. The Kier molecular flexibility index (Phi) is 3.45. The fraction of sp³-hybridized carbons (Fsp3) is 0.333. The molecule has 0 aliphatic rings. The molecule has 0 bridgehead atoms. The van der Waals surface area contributed by atoms with Gasteiger partial charge in [-0.05, 0) is 6.92 Å². The molecule has 0 saturated carbocycles. The van der Waals surface area contributed by atoms with Crippen LogP contribution >= 0.6 is 0 Å². The second-order valence-corrected chi connectivity index (χ2v) is 2.99. The van der Waals surface area contributed by atoms with Crippen LogP contribution in [0.5, 0.6) is 11.6 Å². The van der Waals surface area contributed by atoms with Crippen LogP contribution in [-0.2, 0) is 0 Å². The van der Waals surface area contributed by atoms with Gasteiger partial charge in [0.25, 0.3) is 0 Å². The minimum absolute atomic E-state index is 0.0326. The molecule has 1 rings (SSSR count). The van der Waals surface area contributed by atoms with Crippen molar-refractivity contribution >= 4 is 5.97 Å². The van der Waals surface area contributed by atoms with E-state index in [0.29, 0.717) is 6.07 Å². The molecule has 0 saturated heterocycles. The number of carboxylic acids is 1. The number of methoxy groups -OCH3 is 1. The summed E-state index contributed by atoms with van der Waals surface area (Å²) in [6, 6.07) is 0.688. The van der Waals surface area contributed by atoms with Gasteiger partial charge in [-0.3, -0.25) is 0 Å². The second kappa shape index (κ2) is 4.48. The van der Waals surface area contributed by atoms with Crippen LogP contribution in [0.3, 0.4) is 0 Å². The lowest BCUT2D eigenvalue weighted by Gasteiger charge is -2.13. The minimum Gasteiger partial charge on any atom is -0.481 e. The second-order valence-electron chi connectivity index (χ2n) is 2.99. The number of aromatic nitrogens is 1. The van der Waals surface area contributed by atoms with E-state index < -0.39 is 23.8 Å². The van der Waals surface area contributed by atoms with Crippen molar-refractivity contribution in [3.8, 4) is 11.6 Å². The lowest BCUT2D eigenvalue weighted by molar-refractivity contribution is -0.274. The van der Waals surface area contributed by atoms with Gasteiger partial charge in [0.05, 0.1) is 12.7 Å². The highest BCUT2D eigenvalue weighted by Gasteiger charge is 2.33. The molecule has 0 unspecified atom stereocenters. The fourth-order valence-corrected chi connectivity index (χ4v) is 1.10. The molecule has 1 N–H and O–H groups in total. The Labute approximate surface area is 93.8 Å². The van der Waals surface area contributed by atoms with Gasteiger partial charge < -0.3 is 14.6 Å². The summed E-state index contributed by atoms with van der Waals surface area (Å²) >= 11 is 0. The number of nitrogens with zero attached hydrogens (tertiary/aromatic N) is 1. The highest BCUT2D eigenvalue weighted by molar-refractivity contribution is 5.86. The number of ether oxygens (including phenoxy) is 2. The first-order chi connectivity index (χ1) is 7.74. The first kappa shape index (κ1) is 13.1. The van der Waals surface area contributed by atoms with Gasteiger partial charge in [-0.25, -0.2) is 9.78 Å². The Morgan fingerprint density at radius 1 is 1.47 bits per heavy atom. The topological polar surface area (TPSA) is 68.7 Å². The monoisotopic (exact) mass is 251 g/mol. The van der Waals surface area contributed by atoms with E-state index in [0.717, 1.165) is 0 Å². The Balaban J connectivity index is 3.28. The van der Waals surface area contributed by atoms with Crippen molar-refractivity contribution in [1.82, 2.24) is 4.98 Å². The van der Waals surface area contributed by atoms with E-state index in [4.69, 9.17) is 5.11 Å². The van der Waals surface area contributed by atoms with Crippen molar-refractivity contribution in [2.24, 2.45) is 0 Å². The summed E-state index contributed by atoms with van der Waals surface area (Å²) in [6.45, 7) is 1.28. The van der Waals surface area contributed by atoms with Crippen LogP contribution in [0.2, 0.25) is 0 Å². The van der Waals surface area contributed by atoms with Crippen molar-refractivity contribution in [2.75, 3.05) is 7.11 Å². The first-order valence-corrected chi connectivity index (χ1v) is 4.29. The molecule has 0 spiro atoms. The van der Waals surface area contributed by atoms with Gasteiger partial charge in [-0.15, -0.1) is 13.2 Å². The molecule has 0 aliphatic carbocycles. The highest BCUT2D eigenvalue weighted by Crippen LogP contribution is 2.31. The Hall–Kier alpha value is -1.99. The molecule has 1 aromatic heterocycles.